The van der Waals surface area contributed by atoms with Crippen LogP contribution in [0.15, 0.2) is 48.6 Å². The number of ether oxygens (including phenoxy) is 2. The van der Waals surface area contributed by atoms with E-state index in [1.54, 1.807) is 0 Å². The molecule has 0 aliphatic rings. The van der Waals surface area contributed by atoms with Crippen molar-refractivity contribution in [1.29, 1.82) is 0 Å². The lowest BCUT2D eigenvalue weighted by molar-refractivity contribution is -0.152. The largest absolute Gasteiger partial charge is 0.463 e. The summed E-state index contributed by atoms with van der Waals surface area (Å²) in [4.78, 5) is 23.8. The number of hydrogen-bond donors (Lipinski definition) is 2. The van der Waals surface area contributed by atoms with Crippen LogP contribution in [0.3, 0.4) is 0 Å². The molecule has 0 saturated carbocycles. The molecular weight excluding hydrogens is 552 g/mol. The van der Waals surface area contributed by atoms with Crippen molar-refractivity contribution in [2.75, 3.05) is 13.2 Å². The second-order valence-electron chi connectivity index (χ2n) is 12.3. The standard InChI is InChI=1S/C38H66O6/c1-4-5-6-7-12-18-23-28-35(39)29-24-19-14-11-16-21-26-31-38(42)44-33-36(40)32-43-37(41)30-25-20-15-10-8-9-13-17-22-27-34(2)3/h11-12,16,18-19,23-24,28,34-36,39-40H,4-10,13-15,17,20-22,25-27,29-33H2,1-3H3/b16-11+,18-12-,24-19-,28-23-/t35-,36-/m1/s1. The van der Waals surface area contributed by atoms with Crippen LogP contribution >= 0.6 is 0 Å². The van der Waals surface area contributed by atoms with Gasteiger partial charge in [-0.05, 0) is 50.9 Å². The Morgan fingerprint density at radius 3 is 1.84 bits per heavy atom. The molecule has 0 aliphatic carbocycles. The van der Waals surface area contributed by atoms with Gasteiger partial charge in [-0.15, -0.1) is 0 Å². The van der Waals surface area contributed by atoms with Crippen LogP contribution in [0.5, 0.6) is 0 Å². The topological polar surface area (TPSA) is 93.1 Å². The Balaban J connectivity index is 3.64. The van der Waals surface area contributed by atoms with E-state index in [0.717, 1.165) is 44.4 Å². The van der Waals surface area contributed by atoms with Gasteiger partial charge in [0.05, 0.1) is 6.10 Å². The third-order valence-electron chi connectivity index (χ3n) is 7.33. The summed E-state index contributed by atoms with van der Waals surface area (Å²) in [5, 5.41) is 19.9. The van der Waals surface area contributed by atoms with Crippen molar-refractivity contribution in [2.24, 2.45) is 5.92 Å². The molecule has 0 aromatic rings. The fraction of sp³-hybridized carbons (Fsp3) is 0.737. The predicted octanol–water partition coefficient (Wildman–Crippen LogP) is 9.50. The maximum absolute atomic E-state index is 11.9. The van der Waals surface area contributed by atoms with E-state index < -0.39 is 12.2 Å². The van der Waals surface area contributed by atoms with Gasteiger partial charge in [0.15, 0.2) is 0 Å². The highest BCUT2D eigenvalue weighted by Crippen LogP contribution is 2.13. The van der Waals surface area contributed by atoms with Crippen LogP contribution in [0.4, 0.5) is 0 Å². The molecular formula is C38H66O6. The van der Waals surface area contributed by atoms with Crippen LogP contribution in [0, 0.1) is 5.92 Å². The van der Waals surface area contributed by atoms with E-state index in [1.165, 1.54) is 64.2 Å². The van der Waals surface area contributed by atoms with Crippen LogP contribution in [0.1, 0.15) is 149 Å². The third-order valence-corrected chi connectivity index (χ3v) is 7.33. The Morgan fingerprint density at radius 1 is 0.636 bits per heavy atom. The molecule has 0 heterocycles. The van der Waals surface area contributed by atoms with Crippen molar-refractivity contribution in [1.82, 2.24) is 0 Å². The molecule has 0 aromatic heterocycles. The highest BCUT2D eigenvalue weighted by molar-refractivity contribution is 5.69. The zero-order valence-electron chi connectivity index (χ0n) is 28.4. The molecule has 6 heteroatoms. The van der Waals surface area contributed by atoms with E-state index in [-0.39, 0.29) is 31.6 Å². The normalized spacial score (nSPS) is 13.6. The fourth-order valence-corrected chi connectivity index (χ4v) is 4.58. The van der Waals surface area contributed by atoms with Crippen molar-refractivity contribution in [2.45, 2.75) is 161 Å². The molecule has 0 fully saturated rings. The Labute approximate surface area is 270 Å². The molecule has 6 nitrogen and oxygen atoms in total. The van der Waals surface area contributed by atoms with E-state index in [4.69, 9.17) is 9.47 Å². The van der Waals surface area contributed by atoms with Crippen molar-refractivity contribution >= 4 is 11.9 Å². The number of aliphatic hydroxyl groups is 2. The van der Waals surface area contributed by atoms with Gasteiger partial charge in [0.25, 0.3) is 0 Å². The smallest absolute Gasteiger partial charge is 0.305 e. The first kappa shape index (κ1) is 41.8. The van der Waals surface area contributed by atoms with Crippen molar-refractivity contribution in [3.63, 3.8) is 0 Å². The van der Waals surface area contributed by atoms with E-state index in [9.17, 15) is 19.8 Å². The predicted molar refractivity (Wildman–Crippen MR) is 183 cm³/mol. The molecule has 0 spiro atoms. The quantitative estimate of drug-likeness (QED) is 0.0360. The average Bonchev–Trinajstić information content (AvgIpc) is 3.00. The van der Waals surface area contributed by atoms with Gasteiger partial charge in [-0.3, -0.25) is 9.59 Å². The molecule has 2 atom stereocenters. The highest BCUT2D eigenvalue weighted by atomic mass is 16.6. The van der Waals surface area contributed by atoms with Gasteiger partial charge in [0, 0.05) is 12.8 Å². The molecule has 0 saturated heterocycles. The molecule has 254 valence electrons. The van der Waals surface area contributed by atoms with E-state index in [2.05, 4.69) is 26.8 Å². The Morgan fingerprint density at radius 2 is 1.20 bits per heavy atom. The number of carbonyl (C=O) groups excluding carboxylic acids is 2. The summed E-state index contributed by atoms with van der Waals surface area (Å²) >= 11 is 0. The molecule has 0 bridgehead atoms. The number of esters is 2. The van der Waals surface area contributed by atoms with Gasteiger partial charge in [-0.25, -0.2) is 0 Å². The number of aliphatic hydroxyl groups excluding tert-OH is 2. The van der Waals surface area contributed by atoms with Crippen LogP contribution in [0.2, 0.25) is 0 Å². The first-order chi connectivity index (χ1) is 21.3. The third kappa shape index (κ3) is 32.7. The molecule has 0 unspecified atom stereocenters. The number of unbranched alkanes of at least 4 members (excludes halogenated alkanes) is 12. The van der Waals surface area contributed by atoms with Crippen LogP contribution in [0.25, 0.3) is 0 Å². The Kier molecular flexibility index (Phi) is 30.6. The molecule has 0 aliphatic heterocycles. The molecule has 0 rings (SSSR count). The summed E-state index contributed by atoms with van der Waals surface area (Å²) in [6.07, 6.45) is 34.8. The molecule has 0 aromatic carbocycles. The number of rotatable bonds is 30. The van der Waals surface area contributed by atoms with Gasteiger partial charge in [0.2, 0.25) is 0 Å². The van der Waals surface area contributed by atoms with Crippen molar-refractivity contribution in [3.8, 4) is 0 Å². The summed E-state index contributed by atoms with van der Waals surface area (Å²) in [5.74, 6) is 0.137. The molecule has 2 N–H and O–H groups in total. The Bertz CT molecular complexity index is 782. The lowest BCUT2D eigenvalue weighted by Gasteiger charge is -2.12. The second-order valence-corrected chi connectivity index (χ2v) is 12.3. The fourth-order valence-electron chi connectivity index (χ4n) is 4.58. The minimum atomic E-state index is -1.00. The van der Waals surface area contributed by atoms with Gasteiger partial charge in [-0.2, -0.15) is 0 Å². The van der Waals surface area contributed by atoms with Gasteiger partial charge in [0.1, 0.15) is 19.3 Å². The van der Waals surface area contributed by atoms with Gasteiger partial charge < -0.3 is 19.7 Å². The van der Waals surface area contributed by atoms with E-state index >= 15 is 0 Å². The second kappa shape index (κ2) is 32.2. The molecule has 44 heavy (non-hydrogen) atoms. The highest BCUT2D eigenvalue weighted by Gasteiger charge is 2.12. The first-order valence-electron chi connectivity index (χ1n) is 17.7. The minimum Gasteiger partial charge on any atom is -0.463 e. The number of hydrogen-bond acceptors (Lipinski definition) is 6. The molecule has 0 radical (unpaired) electrons. The maximum atomic E-state index is 11.9. The number of allylic oxidation sites excluding steroid dienone is 6. The van der Waals surface area contributed by atoms with Crippen LogP contribution in [-0.2, 0) is 19.1 Å². The first-order valence-corrected chi connectivity index (χ1v) is 17.7. The SMILES string of the molecule is CCCCC/C=C\C=C/[C@@H](O)C/C=C\C/C=C/CCCC(=O)OC[C@H](O)COC(=O)CCCCCCCCCCCC(C)C. The van der Waals surface area contributed by atoms with Crippen LogP contribution in [-0.4, -0.2) is 47.6 Å². The maximum Gasteiger partial charge on any atom is 0.305 e. The lowest BCUT2D eigenvalue weighted by Crippen LogP contribution is -2.25. The monoisotopic (exact) mass is 618 g/mol. The van der Waals surface area contributed by atoms with E-state index in [1.807, 2.05) is 42.5 Å². The van der Waals surface area contributed by atoms with Gasteiger partial charge in [-0.1, -0.05) is 140 Å². The zero-order chi connectivity index (χ0) is 32.5. The Hall–Kier alpha value is -2.18. The van der Waals surface area contributed by atoms with Crippen molar-refractivity contribution < 1.29 is 29.3 Å². The summed E-state index contributed by atoms with van der Waals surface area (Å²) < 4.78 is 10.2. The summed E-state index contributed by atoms with van der Waals surface area (Å²) in [6, 6.07) is 0. The summed E-state index contributed by atoms with van der Waals surface area (Å²) in [7, 11) is 0. The molecule has 0 amide bonds. The number of carbonyl (C=O) groups is 2. The van der Waals surface area contributed by atoms with Crippen molar-refractivity contribution in [3.05, 3.63) is 48.6 Å². The van der Waals surface area contributed by atoms with Crippen LogP contribution < -0.4 is 0 Å². The lowest BCUT2D eigenvalue weighted by atomic mass is 10.0. The minimum absolute atomic E-state index is 0.150. The van der Waals surface area contributed by atoms with Gasteiger partial charge >= 0.3 is 11.9 Å². The summed E-state index contributed by atoms with van der Waals surface area (Å²) in [6.45, 7) is 6.44. The van der Waals surface area contributed by atoms with E-state index in [0.29, 0.717) is 19.3 Å². The zero-order valence-corrected chi connectivity index (χ0v) is 28.4. The summed E-state index contributed by atoms with van der Waals surface area (Å²) in [5.41, 5.74) is 0. The average molecular weight is 619 g/mol.